The van der Waals surface area contributed by atoms with Crippen molar-refractivity contribution in [3.63, 3.8) is 0 Å². The Balaban J connectivity index is 2.11. The molecule has 2 aromatic rings. The lowest BCUT2D eigenvalue weighted by Crippen LogP contribution is -2.36. The van der Waals surface area contributed by atoms with E-state index in [1.54, 1.807) is 0 Å². The minimum atomic E-state index is -0.252. The van der Waals surface area contributed by atoms with Crippen molar-refractivity contribution >= 4 is 22.5 Å². The van der Waals surface area contributed by atoms with Crippen molar-refractivity contribution in [1.82, 2.24) is 5.32 Å². The Bertz CT molecular complexity index is 564. The fraction of sp³-hybridized carbons (Fsp3) is 0.267. The molecular weight excluding hydrogens is 240 g/mol. The molecule has 2 aromatic carbocycles. The first kappa shape index (κ1) is 13.4. The number of fused-ring (bicyclic) bond motifs is 1. The third-order valence-electron chi connectivity index (χ3n) is 2.98. The van der Waals surface area contributed by atoms with Gasteiger partial charge in [-0.1, -0.05) is 36.4 Å². The summed E-state index contributed by atoms with van der Waals surface area (Å²) in [5.41, 5.74) is 0.784. The van der Waals surface area contributed by atoms with Crippen molar-refractivity contribution in [3.8, 4) is 0 Å². The standard InChI is InChI=1S/C15H18N2O2/c1-11(9-10-18)16-15(19)17-14-8-4-6-12-5-2-3-7-13(12)14/h2-8,11,18H,9-10H2,1H3,(H2,16,17,19). The van der Waals surface area contributed by atoms with Crippen LogP contribution in [0.1, 0.15) is 13.3 Å². The molecule has 0 saturated heterocycles. The minimum absolute atomic E-state index is 0.0556. The van der Waals surface area contributed by atoms with Crippen LogP contribution in [-0.2, 0) is 0 Å². The summed E-state index contributed by atoms with van der Waals surface area (Å²) in [5, 5.41) is 16.5. The molecule has 4 heteroatoms. The van der Waals surface area contributed by atoms with Crippen LogP contribution in [0.25, 0.3) is 10.8 Å². The highest BCUT2D eigenvalue weighted by Crippen LogP contribution is 2.22. The fourth-order valence-electron chi connectivity index (χ4n) is 1.98. The number of hydrogen-bond acceptors (Lipinski definition) is 2. The van der Waals surface area contributed by atoms with Crippen LogP contribution in [0.15, 0.2) is 42.5 Å². The van der Waals surface area contributed by atoms with Crippen LogP contribution in [0.4, 0.5) is 10.5 Å². The third-order valence-corrected chi connectivity index (χ3v) is 2.98. The van der Waals surface area contributed by atoms with Gasteiger partial charge < -0.3 is 15.7 Å². The Morgan fingerprint density at radius 3 is 2.74 bits per heavy atom. The highest BCUT2D eigenvalue weighted by molar-refractivity contribution is 6.01. The second kappa shape index (κ2) is 6.20. The summed E-state index contributed by atoms with van der Waals surface area (Å²) in [6.07, 6.45) is 0.545. The van der Waals surface area contributed by atoms with Gasteiger partial charge in [-0.25, -0.2) is 4.79 Å². The lowest BCUT2D eigenvalue weighted by atomic mass is 10.1. The summed E-state index contributed by atoms with van der Waals surface area (Å²) >= 11 is 0. The van der Waals surface area contributed by atoms with Crippen molar-refractivity contribution in [2.45, 2.75) is 19.4 Å². The number of aliphatic hydroxyl groups is 1. The molecule has 0 saturated carbocycles. The second-order valence-electron chi connectivity index (χ2n) is 4.54. The molecule has 0 aromatic heterocycles. The Kier molecular flexibility index (Phi) is 4.36. The summed E-state index contributed by atoms with van der Waals surface area (Å²) in [5.74, 6) is 0. The SMILES string of the molecule is CC(CCO)NC(=O)Nc1cccc2ccccc12. The van der Waals surface area contributed by atoms with E-state index >= 15 is 0 Å². The van der Waals surface area contributed by atoms with Crippen molar-refractivity contribution in [1.29, 1.82) is 0 Å². The molecule has 0 spiro atoms. The Morgan fingerprint density at radius 1 is 1.21 bits per heavy atom. The van der Waals surface area contributed by atoms with E-state index in [1.807, 2.05) is 49.4 Å². The van der Waals surface area contributed by atoms with Gasteiger partial charge in [0.15, 0.2) is 0 Å². The molecule has 0 aliphatic rings. The Labute approximate surface area is 112 Å². The van der Waals surface area contributed by atoms with Crippen LogP contribution in [-0.4, -0.2) is 23.8 Å². The molecule has 3 N–H and O–H groups in total. The Hall–Kier alpha value is -2.07. The van der Waals surface area contributed by atoms with Crippen LogP contribution in [0, 0.1) is 0 Å². The van der Waals surface area contributed by atoms with E-state index in [0.717, 1.165) is 16.5 Å². The summed E-state index contributed by atoms with van der Waals surface area (Å²) in [6, 6.07) is 13.4. The topological polar surface area (TPSA) is 61.4 Å². The molecule has 2 rings (SSSR count). The number of benzene rings is 2. The highest BCUT2D eigenvalue weighted by Gasteiger charge is 2.08. The molecule has 1 atom stereocenters. The van der Waals surface area contributed by atoms with E-state index < -0.39 is 0 Å². The Morgan fingerprint density at radius 2 is 1.95 bits per heavy atom. The molecule has 19 heavy (non-hydrogen) atoms. The van der Waals surface area contributed by atoms with Crippen molar-refractivity contribution in [3.05, 3.63) is 42.5 Å². The van der Waals surface area contributed by atoms with Crippen molar-refractivity contribution in [2.24, 2.45) is 0 Å². The summed E-state index contributed by atoms with van der Waals surface area (Å²) in [7, 11) is 0. The first-order valence-electron chi connectivity index (χ1n) is 6.37. The maximum Gasteiger partial charge on any atom is 0.319 e. The van der Waals surface area contributed by atoms with Crippen molar-refractivity contribution in [2.75, 3.05) is 11.9 Å². The van der Waals surface area contributed by atoms with Crippen LogP contribution >= 0.6 is 0 Å². The largest absolute Gasteiger partial charge is 0.396 e. The third kappa shape index (κ3) is 3.45. The highest BCUT2D eigenvalue weighted by atomic mass is 16.3. The number of carbonyl (C=O) groups is 1. The number of aliphatic hydroxyl groups excluding tert-OH is 1. The van der Waals surface area contributed by atoms with Crippen LogP contribution < -0.4 is 10.6 Å². The van der Waals surface area contributed by atoms with E-state index in [1.165, 1.54) is 0 Å². The summed E-state index contributed by atoms with van der Waals surface area (Å²) < 4.78 is 0. The average molecular weight is 258 g/mol. The molecule has 0 aliphatic heterocycles. The van der Waals surface area contributed by atoms with E-state index in [-0.39, 0.29) is 18.7 Å². The smallest absolute Gasteiger partial charge is 0.319 e. The molecule has 0 aliphatic carbocycles. The monoisotopic (exact) mass is 258 g/mol. The van der Waals surface area contributed by atoms with Gasteiger partial charge in [0.1, 0.15) is 0 Å². The van der Waals surface area contributed by atoms with E-state index in [4.69, 9.17) is 5.11 Å². The first-order valence-corrected chi connectivity index (χ1v) is 6.37. The fourth-order valence-corrected chi connectivity index (χ4v) is 1.98. The molecule has 0 radical (unpaired) electrons. The maximum atomic E-state index is 11.8. The molecule has 2 amide bonds. The molecule has 100 valence electrons. The minimum Gasteiger partial charge on any atom is -0.396 e. The van der Waals surface area contributed by atoms with Crippen LogP contribution in [0.5, 0.6) is 0 Å². The predicted octanol–water partition coefficient (Wildman–Crippen LogP) is 2.73. The number of amides is 2. The lowest BCUT2D eigenvalue weighted by molar-refractivity contribution is 0.241. The molecular formula is C15H18N2O2. The van der Waals surface area contributed by atoms with Crippen LogP contribution in [0.2, 0.25) is 0 Å². The van der Waals surface area contributed by atoms with Crippen LogP contribution in [0.3, 0.4) is 0 Å². The van der Waals surface area contributed by atoms with Crippen molar-refractivity contribution < 1.29 is 9.90 Å². The number of urea groups is 1. The van der Waals surface area contributed by atoms with Gasteiger partial charge in [0.25, 0.3) is 0 Å². The van der Waals surface area contributed by atoms with E-state index in [9.17, 15) is 4.79 Å². The first-order chi connectivity index (χ1) is 9.20. The summed E-state index contributed by atoms with van der Waals surface area (Å²) in [6.45, 7) is 1.93. The number of hydrogen-bond donors (Lipinski definition) is 3. The average Bonchev–Trinajstić information content (AvgIpc) is 2.39. The quantitative estimate of drug-likeness (QED) is 0.789. The molecule has 0 fully saturated rings. The zero-order valence-electron chi connectivity index (χ0n) is 10.9. The van der Waals surface area contributed by atoms with E-state index in [2.05, 4.69) is 10.6 Å². The number of carbonyl (C=O) groups excluding carboxylic acids is 1. The number of anilines is 1. The molecule has 0 heterocycles. The zero-order chi connectivity index (χ0) is 13.7. The number of rotatable bonds is 4. The van der Waals surface area contributed by atoms with Gasteiger partial charge in [0.2, 0.25) is 0 Å². The maximum absolute atomic E-state index is 11.8. The summed E-state index contributed by atoms with van der Waals surface area (Å²) in [4.78, 5) is 11.8. The zero-order valence-corrected chi connectivity index (χ0v) is 10.9. The van der Waals surface area contributed by atoms with Gasteiger partial charge in [-0.15, -0.1) is 0 Å². The normalized spacial score (nSPS) is 12.1. The predicted molar refractivity (Wildman–Crippen MR) is 77.3 cm³/mol. The van der Waals surface area contributed by atoms with Gasteiger partial charge in [-0.05, 0) is 24.8 Å². The van der Waals surface area contributed by atoms with Gasteiger partial charge >= 0.3 is 6.03 Å². The number of nitrogens with one attached hydrogen (secondary N) is 2. The van der Waals surface area contributed by atoms with E-state index in [0.29, 0.717) is 6.42 Å². The second-order valence-corrected chi connectivity index (χ2v) is 4.54. The van der Waals surface area contributed by atoms with Gasteiger partial charge in [-0.2, -0.15) is 0 Å². The lowest BCUT2D eigenvalue weighted by Gasteiger charge is -2.14. The molecule has 0 bridgehead atoms. The van der Waals surface area contributed by atoms with Gasteiger partial charge in [0.05, 0.1) is 5.69 Å². The van der Waals surface area contributed by atoms with Gasteiger partial charge in [0, 0.05) is 18.0 Å². The van der Waals surface area contributed by atoms with Gasteiger partial charge in [-0.3, -0.25) is 0 Å². The molecule has 1 unspecified atom stereocenters. The molecule has 4 nitrogen and oxygen atoms in total.